The summed E-state index contributed by atoms with van der Waals surface area (Å²) >= 11 is 0. The second-order valence-electron chi connectivity index (χ2n) is 6.08. The highest BCUT2D eigenvalue weighted by atomic mass is 32.2. The van der Waals surface area contributed by atoms with Gasteiger partial charge in [-0.15, -0.1) is 0 Å². The molecule has 7 heteroatoms. The molecule has 1 heterocycles. The molecule has 1 aliphatic carbocycles. The highest BCUT2D eigenvalue weighted by Gasteiger charge is 2.34. The third kappa shape index (κ3) is 3.92. The first-order valence-corrected chi connectivity index (χ1v) is 8.99. The maximum Gasteiger partial charge on any atom is 0.279 e. The number of ether oxygens (including phenoxy) is 1. The number of nitrogens with one attached hydrogen (secondary N) is 1. The Bertz CT molecular complexity index is 399. The van der Waals surface area contributed by atoms with Crippen molar-refractivity contribution >= 4 is 10.2 Å². The molecular formula is C13H27N3O3S. The van der Waals surface area contributed by atoms with E-state index in [0.717, 1.165) is 12.8 Å². The summed E-state index contributed by atoms with van der Waals surface area (Å²) in [5, 5.41) is 0. The standard InChI is InChI=1S/C13H27N3O3S/c1-10-8-16(9-11(2)19-10)20(17,18)15-13(7-14)12-5-3-4-6-12/h10-13,15H,3-9,14H2,1-2H3. The number of hydrogen-bond donors (Lipinski definition) is 2. The average Bonchev–Trinajstić information content (AvgIpc) is 2.88. The van der Waals surface area contributed by atoms with Crippen LogP contribution in [0.15, 0.2) is 0 Å². The van der Waals surface area contributed by atoms with Gasteiger partial charge >= 0.3 is 0 Å². The lowest BCUT2D eigenvalue weighted by Gasteiger charge is -2.35. The molecule has 3 unspecified atom stereocenters. The molecule has 2 aliphatic rings. The predicted octanol–water partition coefficient (Wildman–Crippen LogP) is 0.448. The minimum atomic E-state index is -3.47. The summed E-state index contributed by atoms with van der Waals surface area (Å²) in [6.07, 6.45) is 4.35. The summed E-state index contributed by atoms with van der Waals surface area (Å²) in [5.41, 5.74) is 5.77. The van der Waals surface area contributed by atoms with E-state index < -0.39 is 10.2 Å². The van der Waals surface area contributed by atoms with Gasteiger partial charge in [-0.25, -0.2) is 0 Å². The summed E-state index contributed by atoms with van der Waals surface area (Å²) in [4.78, 5) is 0. The van der Waals surface area contributed by atoms with Crippen molar-refractivity contribution in [1.29, 1.82) is 0 Å². The van der Waals surface area contributed by atoms with Gasteiger partial charge in [0.15, 0.2) is 0 Å². The molecule has 3 atom stereocenters. The van der Waals surface area contributed by atoms with Crippen LogP contribution in [0.5, 0.6) is 0 Å². The second-order valence-corrected chi connectivity index (χ2v) is 7.79. The lowest BCUT2D eigenvalue weighted by atomic mass is 9.99. The van der Waals surface area contributed by atoms with Gasteiger partial charge in [-0.1, -0.05) is 12.8 Å². The Labute approximate surface area is 122 Å². The van der Waals surface area contributed by atoms with Crippen molar-refractivity contribution in [2.45, 2.75) is 57.8 Å². The van der Waals surface area contributed by atoms with Crippen LogP contribution in [0.1, 0.15) is 39.5 Å². The zero-order valence-corrected chi connectivity index (χ0v) is 13.2. The van der Waals surface area contributed by atoms with Gasteiger partial charge < -0.3 is 10.5 Å². The molecule has 0 aromatic rings. The fraction of sp³-hybridized carbons (Fsp3) is 1.00. The lowest BCUT2D eigenvalue weighted by molar-refractivity contribution is -0.0445. The SMILES string of the molecule is CC1CN(S(=O)(=O)NC(CN)C2CCCC2)CC(C)O1. The van der Waals surface area contributed by atoms with Crippen LogP contribution in [0.4, 0.5) is 0 Å². The van der Waals surface area contributed by atoms with Crippen molar-refractivity contribution in [1.82, 2.24) is 9.03 Å². The summed E-state index contributed by atoms with van der Waals surface area (Å²) < 4.78 is 34.9. The fourth-order valence-electron chi connectivity index (χ4n) is 3.29. The number of morpholine rings is 1. The lowest BCUT2D eigenvalue weighted by Crippen LogP contribution is -2.55. The van der Waals surface area contributed by atoms with Crippen LogP contribution in [0.3, 0.4) is 0 Å². The van der Waals surface area contributed by atoms with Crippen molar-refractivity contribution in [2.24, 2.45) is 11.7 Å². The molecule has 0 spiro atoms. The molecule has 20 heavy (non-hydrogen) atoms. The third-order valence-electron chi connectivity index (χ3n) is 4.25. The fourth-order valence-corrected chi connectivity index (χ4v) is 4.92. The quantitative estimate of drug-likeness (QED) is 0.772. The molecule has 3 N–H and O–H groups in total. The Kier molecular flexibility index (Phi) is 5.42. The summed E-state index contributed by atoms with van der Waals surface area (Å²) in [7, 11) is -3.47. The predicted molar refractivity (Wildman–Crippen MR) is 78.4 cm³/mol. The maximum absolute atomic E-state index is 12.5. The van der Waals surface area contributed by atoms with E-state index in [9.17, 15) is 8.42 Å². The Hall–Kier alpha value is -0.210. The zero-order chi connectivity index (χ0) is 14.8. The number of nitrogens with zero attached hydrogens (tertiary/aromatic N) is 1. The maximum atomic E-state index is 12.5. The Morgan fingerprint density at radius 3 is 2.30 bits per heavy atom. The molecule has 2 rings (SSSR count). The van der Waals surface area contributed by atoms with Crippen molar-refractivity contribution in [3.05, 3.63) is 0 Å². The van der Waals surface area contributed by atoms with E-state index in [4.69, 9.17) is 10.5 Å². The summed E-state index contributed by atoms with van der Waals surface area (Å²) in [5.74, 6) is 0.380. The number of nitrogens with two attached hydrogens (primary N) is 1. The van der Waals surface area contributed by atoms with E-state index in [-0.39, 0.29) is 18.2 Å². The monoisotopic (exact) mass is 305 g/mol. The van der Waals surface area contributed by atoms with Crippen LogP contribution in [0.2, 0.25) is 0 Å². The van der Waals surface area contributed by atoms with Gasteiger partial charge in [0.25, 0.3) is 10.2 Å². The smallest absolute Gasteiger partial charge is 0.279 e. The van der Waals surface area contributed by atoms with E-state index in [2.05, 4.69) is 4.72 Å². The van der Waals surface area contributed by atoms with Gasteiger partial charge in [-0.05, 0) is 32.6 Å². The van der Waals surface area contributed by atoms with Gasteiger partial charge in [0.05, 0.1) is 12.2 Å². The zero-order valence-electron chi connectivity index (χ0n) is 12.4. The summed E-state index contributed by atoms with van der Waals surface area (Å²) in [6, 6.07) is -0.143. The third-order valence-corrected chi connectivity index (χ3v) is 5.83. The van der Waals surface area contributed by atoms with E-state index in [1.165, 1.54) is 17.1 Å². The van der Waals surface area contributed by atoms with Crippen LogP contribution in [-0.4, -0.2) is 50.6 Å². The average molecular weight is 305 g/mol. The molecule has 1 aliphatic heterocycles. The molecule has 0 aromatic carbocycles. The van der Waals surface area contributed by atoms with E-state index in [1.54, 1.807) is 0 Å². The first kappa shape index (κ1) is 16.2. The Morgan fingerprint density at radius 2 is 1.80 bits per heavy atom. The molecule has 0 amide bonds. The van der Waals surface area contributed by atoms with Gasteiger partial charge in [-0.3, -0.25) is 0 Å². The first-order chi connectivity index (χ1) is 9.42. The largest absolute Gasteiger partial charge is 0.373 e. The molecule has 0 radical (unpaired) electrons. The Morgan fingerprint density at radius 1 is 1.25 bits per heavy atom. The number of hydrogen-bond acceptors (Lipinski definition) is 4. The van der Waals surface area contributed by atoms with Crippen molar-refractivity contribution in [3.63, 3.8) is 0 Å². The highest BCUT2D eigenvalue weighted by molar-refractivity contribution is 7.87. The second kappa shape index (κ2) is 6.70. The minimum absolute atomic E-state index is 0.0712. The normalized spacial score (nSPS) is 31.6. The molecular weight excluding hydrogens is 278 g/mol. The van der Waals surface area contributed by atoms with Crippen LogP contribution < -0.4 is 10.5 Å². The van der Waals surface area contributed by atoms with Gasteiger partial charge in [0, 0.05) is 25.7 Å². The molecule has 0 bridgehead atoms. The molecule has 2 fully saturated rings. The minimum Gasteiger partial charge on any atom is -0.373 e. The van der Waals surface area contributed by atoms with Gasteiger partial charge in [0.1, 0.15) is 0 Å². The van der Waals surface area contributed by atoms with Crippen molar-refractivity contribution in [2.75, 3.05) is 19.6 Å². The van der Waals surface area contributed by atoms with Gasteiger partial charge in [-0.2, -0.15) is 17.4 Å². The topological polar surface area (TPSA) is 84.7 Å². The van der Waals surface area contributed by atoms with Crippen LogP contribution in [0.25, 0.3) is 0 Å². The molecule has 1 saturated carbocycles. The van der Waals surface area contributed by atoms with E-state index in [0.29, 0.717) is 25.6 Å². The molecule has 1 saturated heterocycles. The van der Waals surface area contributed by atoms with Crippen LogP contribution in [0, 0.1) is 5.92 Å². The summed E-state index contributed by atoms with van der Waals surface area (Å²) in [6.45, 7) is 4.97. The number of rotatable bonds is 5. The van der Waals surface area contributed by atoms with Gasteiger partial charge in [0.2, 0.25) is 0 Å². The molecule has 118 valence electrons. The van der Waals surface area contributed by atoms with E-state index in [1.807, 2.05) is 13.8 Å². The van der Waals surface area contributed by atoms with Crippen LogP contribution in [-0.2, 0) is 14.9 Å². The van der Waals surface area contributed by atoms with E-state index >= 15 is 0 Å². The Balaban J connectivity index is 2.01. The molecule has 6 nitrogen and oxygen atoms in total. The van der Waals surface area contributed by atoms with Crippen molar-refractivity contribution < 1.29 is 13.2 Å². The van der Waals surface area contributed by atoms with Crippen LogP contribution >= 0.6 is 0 Å². The first-order valence-electron chi connectivity index (χ1n) is 7.55. The molecule has 0 aromatic heterocycles. The highest BCUT2D eigenvalue weighted by Crippen LogP contribution is 2.28. The van der Waals surface area contributed by atoms with Crippen molar-refractivity contribution in [3.8, 4) is 0 Å².